The molecule has 1 aliphatic heterocycles. The molecule has 0 fully saturated rings. The van der Waals surface area contributed by atoms with Gasteiger partial charge in [0.05, 0.1) is 10.0 Å². The molecule has 2 aromatic carbocycles. The van der Waals surface area contributed by atoms with Crippen LogP contribution in [0, 0.1) is 0 Å². The minimum atomic E-state index is -0.867. The van der Waals surface area contributed by atoms with E-state index >= 15 is 0 Å². The summed E-state index contributed by atoms with van der Waals surface area (Å²) in [4.78, 5) is 24.1. The molecule has 2 aromatic rings. The van der Waals surface area contributed by atoms with Crippen molar-refractivity contribution in [2.45, 2.75) is 6.10 Å². The van der Waals surface area contributed by atoms with E-state index in [1.165, 1.54) is 18.2 Å². The molecule has 24 heavy (non-hydrogen) atoms. The number of rotatable bonds is 2. The number of nitrogens with one attached hydrogen (secondary N) is 2. The van der Waals surface area contributed by atoms with E-state index in [1.54, 1.807) is 24.3 Å². The molecule has 0 spiro atoms. The second-order valence-electron chi connectivity index (χ2n) is 4.94. The van der Waals surface area contributed by atoms with E-state index in [-0.39, 0.29) is 17.2 Å². The predicted molar refractivity (Wildman–Crippen MR) is 88.4 cm³/mol. The fourth-order valence-electron chi connectivity index (χ4n) is 2.06. The maximum absolute atomic E-state index is 12.1. The van der Waals surface area contributed by atoms with Crippen LogP contribution in [0.4, 0.5) is 0 Å². The van der Waals surface area contributed by atoms with Crippen LogP contribution in [0.5, 0.6) is 11.5 Å². The Morgan fingerprint density at radius 2 is 1.75 bits per heavy atom. The highest BCUT2D eigenvalue weighted by molar-refractivity contribution is 6.42. The fourth-order valence-corrected chi connectivity index (χ4v) is 2.36. The molecule has 3 rings (SSSR count). The number of para-hydroxylation sites is 2. The van der Waals surface area contributed by atoms with Gasteiger partial charge in [-0.25, -0.2) is 0 Å². The molecule has 0 radical (unpaired) electrons. The van der Waals surface area contributed by atoms with Gasteiger partial charge in [-0.3, -0.25) is 20.4 Å². The van der Waals surface area contributed by atoms with Crippen molar-refractivity contribution >= 4 is 35.0 Å². The standard InChI is InChI=1S/C16H12Cl2N2O4/c17-10-6-5-9(7-11(10)18)15(21)19-20-16(22)14-8-23-12-3-1-2-4-13(12)24-14/h1-7,14H,8H2,(H,19,21)(H,20,22)/t14-/m1/s1. The minimum absolute atomic E-state index is 0.0471. The maximum atomic E-state index is 12.1. The molecule has 2 amide bonds. The zero-order valence-electron chi connectivity index (χ0n) is 12.2. The van der Waals surface area contributed by atoms with Crippen LogP contribution in [0.25, 0.3) is 0 Å². The maximum Gasteiger partial charge on any atom is 0.283 e. The molecule has 0 aliphatic carbocycles. The van der Waals surface area contributed by atoms with Crippen LogP contribution in [0.3, 0.4) is 0 Å². The highest BCUT2D eigenvalue weighted by atomic mass is 35.5. The summed E-state index contributed by atoms with van der Waals surface area (Å²) in [6.07, 6.45) is -0.867. The molecule has 0 saturated carbocycles. The molecular weight excluding hydrogens is 355 g/mol. The minimum Gasteiger partial charge on any atom is -0.485 e. The van der Waals surface area contributed by atoms with Crippen LogP contribution >= 0.6 is 23.2 Å². The average Bonchev–Trinajstić information content (AvgIpc) is 2.61. The molecule has 0 unspecified atom stereocenters. The van der Waals surface area contributed by atoms with E-state index < -0.39 is 17.9 Å². The van der Waals surface area contributed by atoms with Crippen LogP contribution in [0.1, 0.15) is 10.4 Å². The van der Waals surface area contributed by atoms with Gasteiger partial charge in [-0.05, 0) is 30.3 Å². The third kappa shape index (κ3) is 3.55. The lowest BCUT2D eigenvalue weighted by Gasteiger charge is -2.25. The monoisotopic (exact) mass is 366 g/mol. The van der Waals surface area contributed by atoms with Gasteiger partial charge in [-0.15, -0.1) is 0 Å². The van der Waals surface area contributed by atoms with Gasteiger partial charge < -0.3 is 9.47 Å². The van der Waals surface area contributed by atoms with Crippen molar-refractivity contribution < 1.29 is 19.1 Å². The second kappa shape index (κ2) is 6.98. The van der Waals surface area contributed by atoms with Crippen molar-refractivity contribution in [2.24, 2.45) is 0 Å². The average molecular weight is 367 g/mol. The SMILES string of the molecule is O=C(NNC(=O)[C@H]1COc2ccccc2O1)c1ccc(Cl)c(Cl)c1. The Bertz CT molecular complexity index is 797. The first-order valence-electron chi connectivity index (χ1n) is 6.98. The molecule has 0 saturated heterocycles. The van der Waals surface area contributed by atoms with Crippen molar-refractivity contribution in [1.29, 1.82) is 0 Å². The van der Waals surface area contributed by atoms with Crippen LogP contribution < -0.4 is 20.3 Å². The molecular formula is C16H12Cl2N2O4. The van der Waals surface area contributed by atoms with Crippen LogP contribution in [-0.2, 0) is 4.79 Å². The molecule has 1 aliphatic rings. The van der Waals surface area contributed by atoms with Gasteiger partial charge in [0, 0.05) is 5.56 Å². The summed E-state index contributed by atoms with van der Waals surface area (Å²) in [5, 5.41) is 0.583. The number of hydrazine groups is 1. The summed E-state index contributed by atoms with van der Waals surface area (Å²) in [5.74, 6) is -0.0157. The highest BCUT2D eigenvalue weighted by Crippen LogP contribution is 2.30. The molecule has 2 N–H and O–H groups in total. The zero-order chi connectivity index (χ0) is 17.1. The Hall–Kier alpha value is -2.44. The molecule has 0 bridgehead atoms. The molecule has 0 aromatic heterocycles. The van der Waals surface area contributed by atoms with Crippen LogP contribution in [0.2, 0.25) is 10.0 Å². The number of amides is 2. The van der Waals surface area contributed by atoms with Crippen molar-refractivity contribution in [3.63, 3.8) is 0 Å². The fraction of sp³-hybridized carbons (Fsp3) is 0.125. The molecule has 1 atom stereocenters. The van der Waals surface area contributed by atoms with Gasteiger partial charge in [-0.2, -0.15) is 0 Å². The molecule has 6 nitrogen and oxygen atoms in total. The third-order valence-corrected chi connectivity index (χ3v) is 4.02. The number of ether oxygens (including phenoxy) is 2. The smallest absolute Gasteiger partial charge is 0.283 e. The van der Waals surface area contributed by atoms with Crippen molar-refractivity contribution in [1.82, 2.24) is 10.9 Å². The Morgan fingerprint density at radius 3 is 2.50 bits per heavy atom. The third-order valence-electron chi connectivity index (χ3n) is 3.28. The summed E-state index contributed by atoms with van der Waals surface area (Å²) >= 11 is 11.6. The first-order valence-corrected chi connectivity index (χ1v) is 7.74. The van der Waals surface area contributed by atoms with Gasteiger partial charge in [0.25, 0.3) is 11.8 Å². The lowest BCUT2D eigenvalue weighted by atomic mass is 10.2. The quantitative estimate of drug-likeness (QED) is 0.800. The Kier molecular flexibility index (Phi) is 4.78. The van der Waals surface area contributed by atoms with E-state index in [1.807, 2.05) is 0 Å². The van der Waals surface area contributed by atoms with E-state index in [9.17, 15) is 9.59 Å². The van der Waals surface area contributed by atoms with Crippen molar-refractivity contribution in [2.75, 3.05) is 6.61 Å². The van der Waals surface area contributed by atoms with Gasteiger partial charge >= 0.3 is 0 Å². The number of fused-ring (bicyclic) bond motifs is 1. The Morgan fingerprint density at radius 1 is 1.00 bits per heavy atom. The summed E-state index contributed by atoms with van der Waals surface area (Å²) in [6, 6.07) is 11.4. The molecule has 124 valence electrons. The molecule has 8 heteroatoms. The highest BCUT2D eigenvalue weighted by Gasteiger charge is 2.27. The number of hydrogen-bond acceptors (Lipinski definition) is 4. The lowest BCUT2D eigenvalue weighted by Crippen LogP contribution is -2.50. The first-order chi connectivity index (χ1) is 11.5. The Labute approximate surface area is 147 Å². The normalized spacial score (nSPS) is 15.5. The van der Waals surface area contributed by atoms with Gasteiger partial charge in [-0.1, -0.05) is 35.3 Å². The lowest BCUT2D eigenvalue weighted by molar-refractivity contribution is -0.131. The van der Waals surface area contributed by atoms with E-state index in [2.05, 4.69) is 10.9 Å². The van der Waals surface area contributed by atoms with Crippen LogP contribution in [0.15, 0.2) is 42.5 Å². The van der Waals surface area contributed by atoms with E-state index in [0.29, 0.717) is 16.5 Å². The number of benzene rings is 2. The topological polar surface area (TPSA) is 76.7 Å². The number of carbonyl (C=O) groups excluding carboxylic acids is 2. The van der Waals surface area contributed by atoms with Crippen molar-refractivity contribution in [3.05, 3.63) is 58.1 Å². The second-order valence-corrected chi connectivity index (χ2v) is 5.75. The number of halogens is 2. The summed E-state index contributed by atoms with van der Waals surface area (Å²) < 4.78 is 11.0. The van der Waals surface area contributed by atoms with Gasteiger partial charge in [0.2, 0.25) is 6.10 Å². The van der Waals surface area contributed by atoms with Gasteiger partial charge in [0.15, 0.2) is 11.5 Å². The van der Waals surface area contributed by atoms with Crippen molar-refractivity contribution in [3.8, 4) is 11.5 Å². The summed E-state index contributed by atoms with van der Waals surface area (Å²) in [7, 11) is 0. The Balaban J connectivity index is 1.58. The predicted octanol–water partition coefficient (Wildman–Crippen LogP) is 2.59. The summed E-state index contributed by atoms with van der Waals surface area (Å²) in [6.45, 7) is 0.0471. The molecule has 1 heterocycles. The largest absolute Gasteiger partial charge is 0.485 e. The number of carbonyl (C=O) groups is 2. The summed E-state index contributed by atoms with van der Waals surface area (Å²) in [5.41, 5.74) is 4.85. The van der Waals surface area contributed by atoms with E-state index in [0.717, 1.165) is 0 Å². The van der Waals surface area contributed by atoms with Gasteiger partial charge in [0.1, 0.15) is 6.61 Å². The number of hydrogen-bond donors (Lipinski definition) is 2. The van der Waals surface area contributed by atoms with E-state index in [4.69, 9.17) is 32.7 Å². The van der Waals surface area contributed by atoms with Crippen LogP contribution in [-0.4, -0.2) is 24.5 Å². The first kappa shape index (κ1) is 16.4. The zero-order valence-corrected chi connectivity index (χ0v) is 13.7.